The Morgan fingerprint density at radius 3 is 2.53 bits per heavy atom. The Bertz CT molecular complexity index is 1010. The van der Waals surface area contributed by atoms with Crippen LogP contribution in [0.3, 0.4) is 0 Å². The van der Waals surface area contributed by atoms with Crippen molar-refractivity contribution in [3.8, 4) is 5.75 Å². The summed E-state index contributed by atoms with van der Waals surface area (Å²) in [6.45, 7) is 10.5. The lowest BCUT2D eigenvalue weighted by Crippen LogP contribution is -2.31. The quantitative estimate of drug-likeness (QED) is 0.370. The minimum absolute atomic E-state index is 0.116. The number of carbonyl (C=O) groups is 1. The lowest BCUT2D eigenvalue weighted by molar-refractivity contribution is -0.125. The summed E-state index contributed by atoms with van der Waals surface area (Å²) in [5, 5.41) is 3.09. The first kappa shape index (κ1) is 23.8. The van der Waals surface area contributed by atoms with Crippen LogP contribution in [0.4, 0.5) is 0 Å². The molecule has 0 radical (unpaired) electrons. The Morgan fingerprint density at radius 1 is 1.06 bits per heavy atom. The lowest BCUT2D eigenvalue weighted by atomic mass is 10.0. The standard InChI is InChI=1S/C27H37N3O2/c1-5-21(6-2)27(31)28-17-11-16-26-29-23-13-8-9-14-24(23)30(26)18-19-32-25-15-10-7-12-22(25)20(3)4/h7-10,12-15,20-21H,5-6,11,16-19H2,1-4H3,(H,28,31). The highest BCUT2D eigenvalue weighted by atomic mass is 16.5. The summed E-state index contributed by atoms with van der Waals surface area (Å²) in [4.78, 5) is 17.1. The van der Waals surface area contributed by atoms with Gasteiger partial charge in [-0.1, -0.05) is 58.0 Å². The largest absolute Gasteiger partial charge is 0.491 e. The van der Waals surface area contributed by atoms with Crippen molar-refractivity contribution in [3.63, 3.8) is 0 Å². The monoisotopic (exact) mass is 435 g/mol. The van der Waals surface area contributed by atoms with Gasteiger partial charge in [-0.25, -0.2) is 4.98 Å². The number of benzene rings is 2. The second-order valence-electron chi connectivity index (χ2n) is 8.62. The zero-order valence-electron chi connectivity index (χ0n) is 19.9. The fraction of sp³-hybridized carbons (Fsp3) is 0.481. The molecule has 5 heteroatoms. The molecular formula is C27H37N3O2. The van der Waals surface area contributed by atoms with Crippen molar-refractivity contribution in [2.24, 2.45) is 5.92 Å². The smallest absolute Gasteiger partial charge is 0.223 e. The van der Waals surface area contributed by atoms with E-state index in [1.165, 1.54) is 5.56 Å². The summed E-state index contributed by atoms with van der Waals surface area (Å²) in [6.07, 6.45) is 3.46. The van der Waals surface area contributed by atoms with Gasteiger partial charge in [0, 0.05) is 18.9 Å². The Balaban J connectivity index is 1.64. The fourth-order valence-electron chi connectivity index (χ4n) is 4.16. The molecule has 1 heterocycles. The predicted octanol–water partition coefficient (Wildman–Crippen LogP) is 5.72. The number of amides is 1. The molecule has 0 unspecified atom stereocenters. The van der Waals surface area contributed by atoms with E-state index in [2.05, 4.69) is 67.9 Å². The SMILES string of the molecule is CCC(CC)C(=O)NCCCc1nc2ccccc2n1CCOc1ccccc1C(C)C. The van der Waals surface area contributed by atoms with Crippen molar-refractivity contribution in [1.82, 2.24) is 14.9 Å². The molecule has 0 aliphatic heterocycles. The summed E-state index contributed by atoms with van der Waals surface area (Å²) in [5.41, 5.74) is 3.37. The molecule has 0 saturated heterocycles. The molecule has 2 aromatic carbocycles. The van der Waals surface area contributed by atoms with Crippen molar-refractivity contribution >= 4 is 16.9 Å². The summed E-state index contributed by atoms with van der Waals surface area (Å²) >= 11 is 0. The van der Waals surface area contributed by atoms with Gasteiger partial charge in [-0.05, 0) is 48.9 Å². The molecule has 1 amide bonds. The zero-order valence-corrected chi connectivity index (χ0v) is 19.9. The third kappa shape index (κ3) is 5.90. The van der Waals surface area contributed by atoms with Crippen molar-refractivity contribution in [2.45, 2.75) is 65.8 Å². The third-order valence-corrected chi connectivity index (χ3v) is 6.08. The average molecular weight is 436 g/mol. The lowest BCUT2D eigenvalue weighted by Gasteiger charge is -2.15. The number of ether oxygens (including phenoxy) is 1. The molecule has 0 saturated carbocycles. The minimum Gasteiger partial charge on any atom is -0.491 e. The molecule has 0 atom stereocenters. The number of para-hydroxylation sites is 3. The summed E-state index contributed by atoms with van der Waals surface area (Å²) in [7, 11) is 0. The van der Waals surface area contributed by atoms with Crippen LogP contribution in [0.1, 0.15) is 64.3 Å². The molecule has 0 spiro atoms. The van der Waals surface area contributed by atoms with Crippen molar-refractivity contribution < 1.29 is 9.53 Å². The van der Waals surface area contributed by atoms with Gasteiger partial charge in [0.25, 0.3) is 0 Å². The Hall–Kier alpha value is -2.82. The van der Waals surface area contributed by atoms with Crippen molar-refractivity contribution in [1.29, 1.82) is 0 Å². The molecule has 0 aliphatic rings. The van der Waals surface area contributed by atoms with Gasteiger partial charge < -0.3 is 14.6 Å². The number of imidazole rings is 1. The predicted molar refractivity (Wildman–Crippen MR) is 131 cm³/mol. The molecule has 3 rings (SSSR count). The highest BCUT2D eigenvalue weighted by Gasteiger charge is 2.14. The maximum Gasteiger partial charge on any atom is 0.223 e. The number of fused-ring (bicyclic) bond motifs is 1. The van der Waals surface area contributed by atoms with Crippen LogP contribution in [0.15, 0.2) is 48.5 Å². The van der Waals surface area contributed by atoms with Crippen LogP contribution in [0.25, 0.3) is 11.0 Å². The van der Waals surface area contributed by atoms with E-state index < -0.39 is 0 Å². The number of aryl methyl sites for hydroxylation is 1. The molecule has 5 nitrogen and oxygen atoms in total. The summed E-state index contributed by atoms with van der Waals surface area (Å²) in [5.74, 6) is 2.71. The van der Waals surface area contributed by atoms with Crippen LogP contribution < -0.4 is 10.1 Å². The van der Waals surface area contributed by atoms with Crippen LogP contribution in [0.5, 0.6) is 5.75 Å². The van der Waals surface area contributed by atoms with Gasteiger partial charge in [-0.15, -0.1) is 0 Å². The molecule has 1 aromatic heterocycles. The number of carbonyl (C=O) groups excluding carboxylic acids is 1. The zero-order chi connectivity index (χ0) is 22.9. The highest BCUT2D eigenvalue weighted by Crippen LogP contribution is 2.26. The van der Waals surface area contributed by atoms with Crippen molar-refractivity contribution in [2.75, 3.05) is 13.2 Å². The van der Waals surface area contributed by atoms with Crippen LogP contribution in [0.2, 0.25) is 0 Å². The van der Waals surface area contributed by atoms with Crippen LogP contribution >= 0.6 is 0 Å². The van der Waals surface area contributed by atoms with Crippen molar-refractivity contribution in [3.05, 3.63) is 59.9 Å². The summed E-state index contributed by atoms with van der Waals surface area (Å²) in [6, 6.07) is 16.5. The molecular weight excluding hydrogens is 398 g/mol. The van der Waals surface area contributed by atoms with E-state index in [0.29, 0.717) is 19.1 Å². The van der Waals surface area contributed by atoms with E-state index in [-0.39, 0.29) is 11.8 Å². The first-order chi connectivity index (χ1) is 15.5. The number of rotatable bonds is 12. The van der Waals surface area contributed by atoms with Gasteiger partial charge in [0.2, 0.25) is 5.91 Å². The molecule has 172 valence electrons. The number of hydrogen-bond acceptors (Lipinski definition) is 3. The van der Waals surface area contributed by atoms with Gasteiger partial charge in [0.15, 0.2) is 0 Å². The maximum absolute atomic E-state index is 12.2. The molecule has 3 aromatic rings. The van der Waals surface area contributed by atoms with E-state index in [9.17, 15) is 4.79 Å². The average Bonchev–Trinajstić information content (AvgIpc) is 3.15. The number of nitrogens with zero attached hydrogens (tertiary/aromatic N) is 2. The van der Waals surface area contributed by atoms with Crippen LogP contribution in [-0.2, 0) is 17.8 Å². The fourth-order valence-corrected chi connectivity index (χ4v) is 4.16. The van der Waals surface area contributed by atoms with Gasteiger partial charge in [0.05, 0.1) is 17.6 Å². The molecule has 0 aliphatic carbocycles. The van der Waals surface area contributed by atoms with Gasteiger partial charge >= 0.3 is 0 Å². The first-order valence-corrected chi connectivity index (χ1v) is 12.0. The first-order valence-electron chi connectivity index (χ1n) is 12.0. The Morgan fingerprint density at radius 2 is 1.78 bits per heavy atom. The minimum atomic E-state index is 0.116. The Labute approximate surface area is 192 Å². The molecule has 32 heavy (non-hydrogen) atoms. The van der Waals surface area contributed by atoms with Gasteiger partial charge in [0.1, 0.15) is 18.2 Å². The van der Waals surface area contributed by atoms with E-state index in [4.69, 9.17) is 9.72 Å². The Kier molecular flexibility index (Phi) is 8.72. The second-order valence-corrected chi connectivity index (χ2v) is 8.62. The van der Waals surface area contributed by atoms with E-state index in [1.807, 2.05) is 18.2 Å². The van der Waals surface area contributed by atoms with E-state index in [1.54, 1.807) is 0 Å². The number of aromatic nitrogens is 2. The number of nitrogens with one attached hydrogen (secondary N) is 1. The van der Waals surface area contributed by atoms with E-state index in [0.717, 1.165) is 54.8 Å². The maximum atomic E-state index is 12.2. The topological polar surface area (TPSA) is 56.2 Å². The van der Waals surface area contributed by atoms with E-state index >= 15 is 0 Å². The molecule has 0 fully saturated rings. The second kappa shape index (κ2) is 11.7. The third-order valence-electron chi connectivity index (χ3n) is 6.08. The summed E-state index contributed by atoms with van der Waals surface area (Å²) < 4.78 is 8.44. The highest BCUT2D eigenvalue weighted by molar-refractivity contribution is 5.78. The normalized spacial score (nSPS) is 11.4. The molecule has 0 bridgehead atoms. The number of hydrogen-bond donors (Lipinski definition) is 1. The van der Waals surface area contributed by atoms with Crippen LogP contribution in [0, 0.1) is 5.92 Å². The molecule has 1 N–H and O–H groups in total. The van der Waals surface area contributed by atoms with Gasteiger partial charge in [-0.2, -0.15) is 0 Å². The van der Waals surface area contributed by atoms with Gasteiger partial charge in [-0.3, -0.25) is 4.79 Å². The van der Waals surface area contributed by atoms with Crippen LogP contribution in [-0.4, -0.2) is 28.6 Å².